The summed E-state index contributed by atoms with van der Waals surface area (Å²) < 4.78 is 0. The van der Waals surface area contributed by atoms with Crippen molar-refractivity contribution in [2.24, 2.45) is 11.7 Å². The number of nitrogens with two attached hydrogens (primary N) is 1. The van der Waals surface area contributed by atoms with E-state index in [4.69, 9.17) is 5.73 Å². The van der Waals surface area contributed by atoms with Crippen LogP contribution >= 0.6 is 0 Å². The molecule has 0 aromatic rings. The van der Waals surface area contributed by atoms with Gasteiger partial charge < -0.3 is 5.73 Å². The summed E-state index contributed by atoms with van der Waals surface area (Å²) >= 11 is 0. The van der Waals surface area contributed by atoms with E-state index in [9.17, 15) is 9.59 Å². The van der Waals surface area contributed by atoms with Crippen LogP contribution in [-0.4, -0.2) is 18.1 Å². The molecule has 0 heterocycles. The number of hydrogen-bond acceptors (Lipinski definition) is 3. The molecule has 12 heavy (non-hydrogen) atoms. The first kappa shape index (κ1) is 11.3. The van der Waals surface area contributed by atoms with Crippen LogP contribution in [0.15, 0.2) is 0 Å². The molecule has 0 aromatic carbocycles. The maximum absolute atomic E-state index is 11.2. The van der Waals surface area contributed by atoms with Crippen molar-refractivity contribution in [3.8, 4) is 0 Å². The predicted octanol–water partition coefficient (Wildman–Crippen LogP) is 0.819. The zero-order chi connectivity index (χ0) is 9.56. The molecule has 69 valence electrons. The lowest BCUT2D eigenvalue weighted by molar-refractivity contribution is -0.121. The molecule has 3 nitrogen and oxygen atoms in total. The number of hydrogen-bond donors (Lipinski definition) is 1. The van der Waals surface area contributed by atoms with Crippen LogP contribution < -0.4 is 5.73 Å². The normalized spacial score (nSPS) is 13.0. The molecule has 1 radical (unpaired) electrons. The van der Waals surface area contributed by atoms with Gasteiger partial charge in [0.25, 0.3) is 0 Å². The summed E-state index contributed by atoms with van der Waals surface area (Å²) in [5.41, 5.74) is 5.59. The van der Waals surface area contributed by atoms with E-state index >= 15 is 0 Å². The summed E-state index contributed by atoms with van der Waals surface area (Å²) in [6.45, 7) is 3.82. The van der Waals surface area contributed by atoms with Gasteiger partial charge in [0.15, 0.2) is 6.29 Å². The summed E-state index contributed by atoms with van der Waals surface area (Å²) in [6, 6.07) is -0.378. The van der Waals surface area contributed by atoms with Crippen LogP contribution in [-0.2, 0) is 9.59 Å². The molecule has 0 unspecified atom stereocenters. The lowest BCUT2D eigenvalue weighted by Gasteiger charge is -2.13. The van der Waals surface area contributed by atoms with E-state index in [0.29, 0.717) is 19.3 Å². The SMILES string of the molecule is CC(C)[C@H](N)C(=O)CCC[C]=O. The highest BCUT2D eigenvalue weighted by atomic mass is 16.1. The molecule has 0 aliphatic rings. The number of Topliss-reactive ketones (excluding diaryl/α,β-unsaturated/α-hetero) is 1. The highest BCUT2D eigenvalue weighted by Gasteiger charge is 2.15. The molecule has 1 atom stereocenters. The number of rotatable bonds is 6. The zero-order valence-corrected chi connectivity index (χ0v) is 7.67. The third-order valence-electron chi connectivity index (χ3n) is 1.79. The van der Waals surface area contributed by atoms with Gasteiger partial charge in [-0.05, 0) is 12.3 Å². The van der Waals surface area contributed by atoms with Gasteiger partial charge in [-0.1, -0.05) is 13.8 Å². The topological polar surface area (TPSA) is 60.2 Å². The van der Waals surface area contributed by atoms with Crippen LogP contribution in [0.4, 0.5) is 0 Å². The van der Waals surface area contributed by atoms with E-state index in [2.05, 4.69) is 0 Å². The van der Waals surface area contributed by atoms with Crippen LogP contribution in [0.3, 0.4) is 0 Å². The van der Waals surface area contributed by atoms with Gasteiger partial charge in [0.05, 0.1) is 6.04 Å². The Balaban J connectivity index is 3.64. The first-order chi connectivity index (χ1) is 5.59. The molecule has 0 bridgehead atoms. The minimum atomic E-state index is -0.378. The van der Waals surface area contributed by atoms with Crippen molar-refractivity contribution in [2.75, 3.05) is 0 Å². The van der Waals surface area contributed by atoms with Crippen LogP contribution in [0.2, 0.25) is 0 Å². The first-order valence-electron chi connectivity index (χ1n) is 4.23. The molecule has 0 amide bonds. The van der Waals surface area contributed by atoms with Crippen molar-refractivity contribution in [1.29, 1.82) is 0 Å². The maximum Gasteiger partial charge on any atom is 0.198 e. The lowest BCUT2D eigenvalue weighted by atomic mass is 9.98. The van der Waals surface area contributed by atoms with Gasteiger partial charge in [0.1, 0.15) is 5.78 Å². The number of ketones is 1. The van der Waals surface area contributed by atoms with Gasteiger partial charge in [-0.15, -0.1) is 0 Å². The monoisotopic (exact) mass is 170 g/mol. The highest BCUT2D eigenvalue weighted by Crippen LogP contribution is 2.04. The van der Waals surface area contributed by atoms with Gasteiger partial charge in [-0.2, -0.15) is 0 Å². The number of unbranched alkanes of at least 4 members (excludes halogenated alkanes) is 1. The van der Waals surface area contributed by atoms with E-state index < -0.39 is 0 Å². The van der Waals surface area contributed by atoms with Crippen molar-refractivity contribution in [3.05, 3.63) is 0 Å². The maximum atomic E-state index is 11.2. The fourth-order valence-electron chi connectivity index (χ4n) is 0.873. The summed E-state index contributed by atoms with van der Waals surface area (Å²) in [5, 5.41) is 0. The molecule has 0 saturated heterocycles. The Bertz CT molecular complexity index is 155. The lowest BCUT2D eigenvalue weighted by Crippen LogP contribution is -2.35. The average Bonchev–Trinajstić information content (AvgIpc) is 2.03. The number of carbonyl (C=O) groups is 1. The predicted molar refractivity (Wildman–Crippen MR) is 47.4 cm³/mol. The van der Waals surface area contributed by atoms with E-state index in [1.165, 1.54) is 0 Å². The Kier molecular flexibility index (Phi) is 5.54. The molecular weight excluding hydrogens is 154 g/mol. The second-order valence-electron chi connectivity index (χ2n) is 3.23. The third kappa shape index (κ3) is 4.23. The van der Waals surface area contributed by atoms with Crippen LogP contribution in [0, 0.1) is 5.92 Å². The molecule has 3 heteroatoms. The molecule has 0 spiro atoms. The molecule has 0 aliphatic heterocycles. The second kappa shape index (κ2) is 5.89. The van der Waals surface area contributed by atoms with Gasteiger partial charge >= 0.3 is 0 Å². The molecule has 2 N–H and O–H groups in total. The highest BCUT2D eigenvalue weighted by molar-refractivity contribution is 5.84. The summed E-state index contributed by atoms with van der Waals surface area (Å²) in [7, 11) is 0. The van der Waals surface area contributed by atoms with E-state index in [1.807, 2.05) is 13.8 Å². The Labute approximate surface area is 73.3 Å². The Morgan fingerprint density at radius 2 is 2.08 bits per heavy atom. The summed E-state index contributed by atoms with van der Waals surface area (Å²) in [4.78, 5) is 21.0. The molecule has 0 fully saturated rings. The molecule has 0 aliphatic carbocycles. The standard InChI is InChI=1S/C9H16NO2/c1-7(2)9(10)8(12)5-3-4-6-11/h7,9H,3-5,10H2,1-2H3/t9-/m0/s1. The molecule has 0 saturated carbocycles. The van der Waals surface area contributed by atoms with Crippen molar-refractivity contribution in [2.45, 2.75) is 39.2 Å². The van der Waals surface area contributed by atoms with E-state index in [1.54, 1.807) is 6.29 Å². The quantitative estimate of drug-likeness (QED) is 0.600. The van der Waals surface area contributed by atoms with Crippen LogP contribution in [0.1, 0.15) is 33.1 Å². The van der Waals surface area contributed by atoms with Crippen molar-refractivity contribution in [3.63, 3.8) is 0 Å². The summed E-state index contributed by atoms with van der Waals surface area (Å²) in [5.74, 6) is 0.220. The van der Waals surface area contributed by atoms with Crippen molar-refractivity contribution < 1.29 is 9.59 Å². The van der Waals surface area contributed by atoms with E-state index in [0.717, 1.165) is 0 Å². The van der Waals surface area contributed by atoms with Gasteiger partial charge in [-0.3, -0.25) is 9.59 Å². The first-order valence-corrected chi connectivity index (χ1v) is 4.23. The molecule has 0 rings (SSSR count). The smallest absolute Gasteiger partial charge is 0.198 e. The fraction of sp³-hybridized carbons (Fsp3) is 0.778. The van der Waals surface area contributed by atoms with Crippen molar-refractivity contribution >= 4 is 12.1 Å². The zero-order valence-electron chi connectivity index (χ0n) is 7.67. The minimum Gasteiger partial charge on any atom is -0.321 e. The van der Waals surface area contributed by atoms with Gasteiger partial charge in [0.2, 0.25) is 0 Å². The second-order valence-corrected chi connectivity index (χ2v) is 3.23. The minimum absolute atomic E-state index is 0.0419. The molecular formula is C9H16NO2. The average molecular weight is 170 g/mol. The Morgan fingerprint density at radius 1 is 1.50 bits per heavy atom. The fourth-order valence-corrected chi connectivity index (χ4v) is 0.873. The van der Waals surface area contributed by atoms with Gasteiger partial charge in [-0.25, -0.2) is 0 Å². The van der Waals surface area contributed by atoms with E-state index in [-0.39, 0.29) is 17.7 Å². The van der Waals surface area contributed by atoms with Crippen molar-refractivity contribution in [1.82, 2.24) is 0 Å². The van der Waals surface area contributed by atoms with Gasteiger partial charge in [0, 0.05) is 12.8 Å². The Hall–Kier alpha value is -0.700. The largest absolute Gasteiger partial charge is 0.321 e. The molecule has 0 aromatic heterocycles. The Morgan fingerprint density at radius 3 is 2.50 bits per heavy atom. The third-order valence-corrected chi connectivity index (χ3v) is 1.79. The summed E-state index contributed by atoms with van der Waals surface area (Å²) in [6.07, 6.45) is 3.05. The number of carbonyl (C=O) groups excluding carboxylic acids is 2. The van der Waals surface area contributed by atoms with Crippen LogP contribution in [0.25, 0.3) is 0 Å². The van der Waals surface area contributed by atoms with Crippen LogP contribution in [0.5, 0.6) is 0 Å².